The molecule has 0 aliphatic carbocycles. The highest BCUT2D eigenvalue weighted by molar-refractivity contribution is 5.32. The lowest BCUT2D eigenvalue weighted by atomic mass is 9.88. The number of hydrogen-bond donors (Lipinski definition) is 1. The van der Waals surface area contributed by atoms with Crippen LogP contribution in [0.5, 0.6) is 0 Å². The smallest absolute Gasteiger partial charge is 0.0101 e. The van der Waals surface area contributed by atoms with Crippen LogP contribution in [0.3, 0.4) is 0 Å². The Morgan fingerprint density at radius 2 is 1.29 bits per heavy atom. The second-order valence-electron chi connectivity index (χ2n) is 8.43. The van der Waals surface area contributed by atoms with Gasteiger partial charge < -0.3 is 5.32 Å². The zero-order valence-electron chi connectivity index (χ0n) is 18.4. The molecule has 2 aromatic carbocycles. The van der Waals surface area contributed by atoms with Crippen molar-refractivity contribution in [2.24, 2.45) is 11.8 Å². The lowest BCUT2D eigenvalue weighted by Crippen LogP contribution is -2.19. The third kappa shape index (κ3) is 8.19. The highest BCUT2D eigenvalue weighted by Crippen LogP contribution is 2.27. The van der Waals surface area contributed by atoms with E-state index in [4.69, 9.17) is 0 Å². The van der Waals surface area contributed by atoms with Gasteiger partial charge in [0.1, 0.15) is 0 Å². The van der Waals surface area contributed by atoms with Crippen molar-refractivity contribution in [2.45, 2.75) is 71.6 Å². The Hall–Kier alpha value is -1.60. The lowest BCUT2D eigenvalue weighted by Gasteiger charge is -2.19. The highest BCUT2D eigenvalue weighted by Gasteiger charge is 2.13. The average Bonchev–Trinajstić information content (AvgIpc) is 2.75. The Labute approximate surface area is 174 Å². The van der Waals surface area contributed by atoms with Crippen LogP contribution in [0.1, 0.15) is 82.8 Å². The van der Waals surface area contributed by atoms with E-state index in [1.807, 2.05) is 0 Å². The minimum atomic E-state index is 0.481. The molecule has 0 radical (unpaired) electrons. The summed E-state index contributed by atoms with van der Waals surface area (Å²) in [5.41, 5.74) is 2.84. The Morgan fingerprint density at radius 1 is 0.714 bits per heavy atom. The van der Waals surface area contributed by atoms with Gasteiger partial charge in [0.05, 0.1) is 0 Å². The first-order chi connectivity index (χ1) is 13.7. The molecule has 2 rings (SSSR count). The van der Waals surface area contributed by atoms with Gasteiger partial charge in [0.25, 0.3) is 0 Å². The van der Waals surface area contributed by atoms with E-state index in [1.165, 1.54) is 49.7 Å². The van der Waals surface area contributed by atoms with Gasteiger partial charge in [-0.3, -0.25) is 0 Å². The summed E-state index contributed by atoms with van der Waals surface area (Å²) in [6.45, 7) is 9.34. The molecule has 0 aromatic heterocycles. The molecule has 0 spiro atoms. The molecule has 1 atom stereocenters. The SMILES string of the molecule is CCC(CC)CC(C)CCCCNCCC(c1ccccc1)c1ccccc1. The van der Waals surface area contributed by atoms with Crippen LogP contribution in [0.4, 0.5) is 0 Å². The fourth-order valence-corrected chi connectivity index (χ4v) is 4.32. The molecule has 0 heterocycles. The van der Waals surface area contributed by atoms with E-state index >= 15 is 0 Å². The molecule has 1 heteroatoms. The van der Waals surface area contributed by atoms with E-state index in [1.54, 1.807) is 0 Å². The molecule has 0 amide bonds. The second-order valence-corrected chi connectivity index (χ2v) is 8.43. The van der Waals surface area contributed by atoms with Gasteiger partial charge in [0, 0.05) is 5.92 Å². The van der Waals surface area contributed by atoms with E-state index in [0.29, 0.717) is 5.92 Å². The fourth-order valence-electron chi connectivity index (χ4n) is 4.32. The summed E-state index contributed by atoms with van der Waals surface area (Å²) in [5.74, 6) is 2.29. The van der Waals surface area contributed by atoms with Crippen molar-refractivity contribution < 1.29 is 0 Å². The van der Waals surface area contributed by atoms with Crippen molar-refractivity contribution in [3.05, 3.63) is 71.8 Å². The van der Waals surface area contributed by atoms with Gasteiger partial charge in [0.15, 0.2) is 0 Å². The molecule has 0 aliphatic rings. The van der Waals surface area contributed by atoms with Crippen LogP contribution in [0.25, 0.3) is 0 Å². The number of rotatable bonds is 14. The zero-order valence-corrected chi connectivity index (χ0v) is 18.4. The van der Waals surface area contributed by atoms with Gasteiger partial charge in [-0.1, -0.05) is 107 Å². The van der Waals surface area contributed by atoms with Gasteiger partial charge in [-0.15, -0.1) is 0 Å². The van der Waals surface area contributed by atoms with Crippen molar-refractivity contribution >= 4 is 0 Å². The van der Waals surface area contributed by atoms with Crippen LogP contribution in [-0.4, -0.2) is 13.1 Å². The van der Waals surface area contributed by atoms with E-state index in [2.05, 4.69) is 86.8 Å². The molecule has 28 heavy (non-hydrogen) atoms. The van der Waals surface area contributed by atoms with Crippen molar-refractivity contribution in [1.82, 2.24) is 5.32 Å². The summed E-state index contributed by atoms with van der Waals surface area (Å²) in [7, 11) is 0. The molecule has 1 nitrogen and oxygen atoms in total. The fraction of sp³-hybridized carbons (Fsp3) is 0.556. The van der Waals surface area contributed by atoms with Gasteiger partial charge in [-0.05, 0) is 55.3 Å². The zero-order chi connectivity index (χ0) is 20.0. The molecule has 154 valence electrons. The third-order valence-electron chi connectivity index (χ3n) is 6.20. The van der Waals surface area contributed by atoms with Crippen molar-refractivity contribution in [2.75, 3.05) is 13.1 Å². The molecule has 1 N–H and O–H groups in total. The van der Waals surface area contributed by atoms with Crippen molar-refractivity contribution in [3.63, 3.8) is 0 Å². The monoisotopic (exact) mass is 379 g/mol. The van der Waals surface area contributed by atoms with Crippen molar-refractivity contribution in [3.8, 4) is 0 Å². The predicted molar refractivity (Wildman–Crippen MR) is 124 cm³/mol. The summed E-state index contributed by atoms with van der Waals surface area (Å²) in [6.07, 6.45) is 9.28. The molecular formula is C27H41N. The topological polar surface area (TPSA) is 12.0 Å². The molecule has 0 fully saturated rings. The maximum Gasteiger partial charge on any atom is 0.0101 e. The second kappa shape index (κ2) is 13.6. The Bertz CT molecular complexity index is 563. The number of nitrogens with one attached hydrogen (secondary N) is 1. The molecule has 0 aliphatic heterocycles. The van der Waals surface area contributed by atoms with E-state index in [-0.39, 0.29) is 0 Å². The first-order valence-electron chi connectivity index (χ1n) is 11.5. The first kappa shape index (κ1) is 22.7. The van der Waals surface area contributed by atoms with Crippen molar-refractivity contribution in [1.29, 1.82) is 0 Å². The largest absolute Gasteiger partial charge is 0.317 e. The van der Waals surface area contributed by atoms with Gasteiger partial charge in [0.2, 0.25) is 0 Å². The van der Waals surface area contributed by atoms with Crippen LogP contribution in [0.15, 0.2) is 60.7 Å². The Balaban J connectivity index is 1.68. The standard InChI is InChI=1S/C27H41N/c1-4-24(5-2)22-23(3)14-12-13-20-28-21-19-27(25-15-8-6-9-16-25)26-17-10-7-11-18-26/h6-11,15-18,23-24,27-28H,4-5,12-14,19-22H2,1-3H3. The van der Waals surface area contributed by atoms with E-state index in [0.717, 1.165) is 31.3 Å². The summed E-state index contributed by atoms with van der Waals surface area (Å²) >= 11 is 0. The van der Waals surface area contributed by atoms with Crippen LogP contribution in [0, 0.1) is 11.8 Å². The summed E-state index contributed by atoms with van der Waals surface area (Å²) < 4.78 is 0. The first-order valence-corrected chi connectivity index (χ1v) is 11.5. The lowest BCUT2D eigenvalue weighted by molar-refractivity contribution is 0.348. The van der Waals surface area contributed by atoms with Crippen LogP contribution in [-0.2, 0) is 0 Å². The molecule has 0 saturated heterocycles. The molecule has 2 aromatic rings. The molecule has 0 saturated carbocycles. The predicted octanol–water partition coefficient (Wildman–Crippen LogP) is 7.43. The maximum atomic E-state index is 3.69. The highest BCUT2D eigenvalue weighted by atomic mass is 14.8. The third-order valence-corrected chi connectivity index (χ3v) is 6.20. The Kier molecular flexibility index (Phi) is 11.0. The molecule has 0 bridgehead atoms. The van der Waals surface area contributed by atoms with Crippen LogP contribution in [0.2, 0.25) is 0 Å². The molecule has 1 unspecified atom stereocenters. The Morgan fingerprint density at radius 3 is 1.82 bits per heavy atom. The summed E-state index contributed by atoms with van der Waals surface area (Å²) in [6, 6.07) is 21.9. The van der Waals surface area contributed by atoms with Crippen LogP contribution < -0.4 is 5.32 Å². The minimum absolute atomic E-state index is 0.481. The normalized spacial score (nSPS) is 12.6. The number of hydrogen-bond acceptors (Lipinski definition) is 1. The van der Waals surface area contributed by atoms with Crippen LogP contribution >= 0.6 is 0 Å². The summed E-state index contributed by atoms with van der Waals surface area (Å²) in [5, 5.41) is 3.69. The van der Waals surface area contributed by atoms with Gasteiger partial charge in [-0.25, -0.2) is 0 Å². The van der Waals surface area contributed by atoms with Gasteiger partial charge >= 0.3 is 0 Å². The van der Waals surface area contributed by atoms with E-state index in [9.17, 15) is 0 Å². The maximum absolute atomic E-state index is 3.69. The van der Waals surface area contributed by atoms with Gasteiger partial charge in [-0.2, -0.15) is 0 Å². The number of benzene rings is 2. The van der Waals surface area contributed by atoms with E-state index < -0.39 is 0 Å². The molecular weight excluding hydrogens is 338 g/mol. The summed E-state index contributed by atoms with van der Waals surface area (Å²) in [4.78, 5) is 0. The minimum Gasteiger partial charge on any atom is -0.317 e. The number of unbranched alkanes of at least 4 members (excludes halogenated alkanes) is 1. The quantitative estimate of drug-likeness (QED) is 0.336. The average molecular weight is 380 g/mol.